The third-order valence-corrected chi connectivity index (χ3v) is 2.43. The van der Waals surface area contributed by atoms with Crippen LogP contribution in [0, 0.1) is 11.8 Å². The number of hydrogen-bond donors (Lipinski definition) is 2. The van der Waals surface area contributed by atoms with Crippen molar-refractivity contribution < 1.29 is 12.4 Å². The molecule has 0 spiro atoms. The molecule has 104 valence electrons. The van der Waals surface area contributed by atoms with Crippen molar-refractivity contribution >= 4 is 11.8 Å². The van der Waals surface area contributed by atoms with Gasteiger partial charge in [-0.1, -0.05) is 13.8 Å². The van der Waals surface area contributed by atoms with Gasteiger partial charge < -0.3 is 10.6 Å². The van der Waals surface area contributed by atoms with Gasteiger partial charge in [0.05, 0.1) is 0 Å². The van der Waals surface area contributed by atoms with Gasteiger partial charge in [-0.25, -0.2) is 0 Å². The highest BCUT2D eigenvalue weighted by atomic mass is 16.2. The third-order valence-electron chi connectivity index (χ3n) is 2.43. The first-order valence-electron chi connectivity index (χ1n) is 6.33. The minimum atomic E-state index is -0.254. The molecule has 0 fully saturated rings. The van der Waals surface area contributed by atoms with E-state index in [1.165, 1.54) is 0 Å². The second kappa shape index (κ2) is 7.30. The van der Waals surface area contributed by atoms with Crippen LogP contribution in [0.5, 0.6) is 0 Å². The van der Waals surface area contributed by atoms with E-state index in [4.69, 9.17) is 0 Å². The van der Waals surface area contributed by atoms with E-state index in [2.05, 4.69) is 10.6 Å². The summed E-state index contributed by atoms with van der Waals surface area (Å²) in [5.74, 6) is -0.186. The summed E-state index contributed by atoms with van der Waals surface area (Å²) in [5.41, 5.74) is 0. The SMILES string of the molecule is CC(C)NC(=O)CC(C(=O)NC(C)C)C(C)C.[HH].[HH]. The molecule has 0 saturated heterocycles. The normalized spacial score (nSPS) is 13.0. The Morgan fingerprint density at radius 1 is 0.941 bits per heavy atom. The number of nitrogens with one attached hydrogen (secondary N) is 2. The summed E-state index contributed by atoms with van der Waals surface area (Å²) in [7, 11) is 0. The second-order valence-corrected chi connectivity index (χ2v) is 5.44. The van der Waals surface area contributed by atoms with Gasteiger partial charge in [0.1, 0.15) is 0 Å². The Morgan fingerprint density at radius 2 is 1.41 bits per heavy atom. The molecular weight excluding hydrogens is 216 g/mol. The van der Waals surface area contributed by atoms with E-state index in [1.807, 2.05) is 41.5 Å². The first-order chi connectivity index (χ1) is 7.73. The smallest absolute Gasteiger partial charge is 0.224 e. The lowest BCUT2D eigenvalue weighted by Gasteiger charge is -2.21. The fourth-order valence-corrected chi connectivity index (χ4v) is 1.60. The zero-order chi connectivity index (χ0) is 13.6. The summed E-state index contributed by atoms with van der Waals surface area (Å²) in [6.45, 7) is 11.6. The molecule has 0 aromatic rings. The maximum absolute atomic E-state index is 11.9. The summed E-state index contributed by atoms with van der Waals surface area (Å²) < 4.78 is 0. The van der Waals surface area contributed by atoms with Gasteiger partial charge in [0, 0.05) is 27.3 Å². The molecule has 2 N–H and O–H groups in total. The summed E-state index contributed by atoms with van der Waals surface area (Å²) >= 11 is 0. The van der Waals surface area contributed by atoms with E-state index in [-0.39, 0.29) is 45.0 Å². The Bertz CT molecular complexity index is 269. The molecule has 0 aromatic heterocycles. The van der Waals surface area contributed by atoms with Gasteiger partial charge in [-0.15, -0.1) is 0 Å². The van der Waals surface area contributed by atoms with Crippen LogP contribution in [0.25, 0.3) is 0 Å². The molecule has 0 aliphatic rings. The highest BCUT2D eigenvalue weighted by Gasteiger charge is 2.25. The number of carbonyl (C=O) groups is 2. The zero-order valence-corrected chi connectivity index (χ0v) is 11.8. The Hall–Kier alpha value is -1.06. The van der Waals surface area contributed by atoms with E-state index in [0.29, 0.717) is 0 Å². The largest absolute Gasteiger partial charge is 0.354 e. The topological polar surface area (TPSA) is 58.2 Å². The van der Waals surface area contributed by atoms with Gasteiger partial charge in [-0.05, 0) is 33.6 Å². The van der Waals surface area contributed by atoms with Crippen LogP contribution >= 0.6 is 0 Å². The number of amides is 2. The molecule has 1 unspecified atom stereocenters. The van der Waals surface area contributed by atoms with Crippen LogP contribution in [-0.2, 0) is 9.59 Å². The number of carbonyl (C=O) groups excluding carboxylic acids is 2. The molecule has 0 saturated carbocycles. The maximum atomic E-state index is 11.9. The monoisotopic (exact) mass is 246 g/mol. The second-order valence-electron chi connectivity index (χ2n) is 5.44. The predicted molar refractivity (Wildman–Crippen MR) is 73.7 cm³/mol. The molecule has 0 bridgehead atoms. The van der Waals surface area contributed by atoms with Crippen molar-refractivity contribution in [3.05, 3.63) is 0 Å². The van der Waals surface area contributed by atoms with Crippen molar-refractivity contribution in [2.24, 2.45) is 11.8 Å². The van der Waals surface area contributed by atoms with E-state index < -0.39 is 0 Å². The van der Waals surface area contributed by atoms with Gasteiger partial charge in [0.15, 0.2) is 0 Å². The van der Waals surface area contributed by atoms with E-state index >= 15 is 0 Å². The van der Waals surface area contributed by atoms with Crippen molar-refractivity contribution in [2.45, 2.75) is 60.0 Å². The highest BCUT2D eigenvalue weighted by Crippen LogP contribution is 2.15. The van der Waals surface area contributed by atoms with Crippen LogP contribution in [0.15, 0.2) is 0 Å². The third kappa shape index (κ3) is 6.97. The Morgan fingerprint density at radius 3 is 1.76 bits per heavy atom. The lowest BCUT2D eigenvalue weighted by atomic mass is 9.91. The lowest BCUT2D eigenvalue weighted by molar-refractivity contribution is -0.132. The first-order valence-corrected chi connectivity index (χ1v) is 6.33. The molecule has 4 nitrogen and oxygen atoms in total. The molecule has 0 aliphatic heterocycles. The first kappa shape index (κ1) is 15.9. The molecule has 0 aliphatic carbocycles. The lowest BCUT2D eigenvalue weighted by Crippen LogP contribution is -2.41. The average molecular weight is 246 g/mol. The van der Waals surface area contributed by atoms with E-state index in [9.17, 15) is 9.59 Å². The van der Waals surface area contributed by atoms with E-state index in [0.717, 1.165) is 0 Å². The molecule has 0 radical (unpaired) electrons. The standard InChI is InChI=1S/C13H26N2O2.2H2/c1-8(2)11(13(17)15-10(5)6)7-12(16)14-9(3)4;;/h8-11H,7H2,1-6H3,(H,14,16)(H,15,17);2*1H. The van der Waals surface area contributed by atoms with Gasteiger partial charge in [0.25, 0.3) is 0 Å². The Kier molecular flexibility index (Phi) is 6.85. The Balaban J connectivity index is -0.00000128. The summed E-state index contributed by atoms with van der Waals surface area (Å²) in [6.07, 6.45) is 0.258. The molecule has 4 heteroatoms. The van der Waals surface area contributed by atoms with Crippen molar-refractivity contribution in [3.63, 3.8) is 0 Å². The fourth-order valence-electron chi connectivity index (χ4n) is 1.60. The van der Waals surface area contributed by atoms with Gasteiger partial charge in [0.2, 0.25) is 11.8 Å². The zero-order valence-electron chi connectivity index (χ0n) is 11.8. The summed E-state index contributed by atoms with van der Waals surface area (Å²) in [4.78, 5) is 23.6. The summed E-state index contributed by atoms with van der Waals surface area (Å²) in [6, 6.07) is 0.223. The van der Waals surface area contributed by atoms with E-state index in [1.54, 1.807) is 0 Å². The number of hydrogen-bond acceptors (Lipinski definition) is 2. The van der Waals surface area contributed by atoms with Crippen LogP contribution in [0.2, 0.25) is 0 Å². The fraction of sp³-hybridized carbons (Fsp3) is 0.846. The minimum Gasteiger partial charge on any atom is -0.354 e. The minimum absolute atomic E-state index is 0. The van der Waals surface area contributed by atoms with Gasteiger partial charge in [-0.2, -0.15) is 0 Å². The summed E-state index contributed by atoms with van der Waals surface area (Å²) in [5, 5.41) is 5.68. The quantitative estimate of drug-likeness (QED) is 0.755. The predicted octanol–water partition coefficient (Wildman–Crippen LogP) is 2.19. The highest BCUT2D eigenvalue weighted by molar-refractivity contribution is 5.86. The van der Waals surface area contributed by atoms with Crippen LogP contribution in [0.3, 0.4) is 0 Å². The Labute approximate surface area is 108 Å². The molecule has 2 amide bonds. The maximum Gasteiger partial charge on any atom is 0.224 e. The van der Waals surface area contributed by atoms with Gasteiger partial charge in [-0.3, -0.25) is 9.59 Å². The molecular formula is C13H30N2O2. The molecule has 17 heavy (non-hydrogen) atoms. The van der Waals surface area contributed by atoms with Crippen molar-refractivity contribution in [1.82, 2.24) is 10.6 Å². The van der Waals surface area contributed by atoms with Crippen molar-refractivity contribution in [2.75, 3.05) is 0 Å². The molecule has 1 atom stereocenters. The van der Waals surface area contributed by atoms with Crippen molar-refractivity contribution in [3.8, 4) is 0 Å². The molecule has 0 rings (SSSR count). The average Bonchev–Trinajstić information content (AvgIpc) is 2.10. The van der Waals surface area contributed by atoms with Crippen molar-refractivity contribution in [1.29, 1.82) is 0 Å². The van der Waals surface area contributed by atoms with Crippen LogP contribution < -0.4 is 10.6 Å². The van der Waals surface area contributed by atoms with Gasteiger partial charge >= 0.3 is 0 Å². The molecule has 0 heterocycles. The van der Waals surface area contributed by atoms with Crippen LogP contribution in [-0.4, -0.2) is 23.9 Å². The van der Waals surface area contributed by atoms with Crippen LogP contribution in [0.1, 0.15) is 50.8 Å². The molecule has 0 aromatic carbocycles. The van der Waals surface area contributed by atoms with Crippen LogP contribution in [0.4, 0.5) is 0 Å². The number of rotatable bonds is 6.